The van der Waals surface area contributed by atoms with Gasteiger partial charge in [0.15, 0.2) is 0 Å². The number of nitrogens with zero attached hydrogens (tertiary/aromatic N) is 1. The van der Waals surface area contributed by atoms with Crippen molar-refractivity contribution in [2.45, 2.75) is 32.9 Å². The number of nitrogens with one attached hydrogen (secondary N) is 1. The first-order valence-corrected chi connectivity index (χ1v) is 6.48. The van der Waals surface area contributed by atoms with Crippen LogP contribution in [0, 0.1) is 5.92 Å². The molecule has 1 atom stereocenters. The van der Waals surface area contributed by atoms with Gasteiger partial charge in [0.2, 0.25) is 5.91 Å². The quantitative estimate of drug-likeness (QED) is 0.801. The number of alkyl halides is 3. The lowest BCUT2D eigenvalue weighted by atomic mass is 9.97. The second-order valence-electron chi connectivity index (χ2n) is 5.21. The summed E-state index contributed by atoms with van der Waals surface area (Å²) in [6, 6.07) is 0. The number of allylic oxidation sites excluding steroid dienone is 1. The highest BCUT2D eigenvalue weighted by Crippen LogP contribution is 2.18. The average molecular weight is 278 g/mol. The Labute approximate surface area is 111 Å². The zero-order valence-electron chi connectivity index (χ0n) is 11.4. The number of carbonyl (C=O) groups excluding carboxylic acids is 1. The van der Waals surface area contributed by atoms with Gasteiger partial charge in [0.25, 0.3) is 0 Å². The molecule has 0 saturated carbocycles. The van der Waals surface area contributed by atoms with Gasteiger partial charge in [0, 0.05) is 13.1 Å². The molecule has 0 aromatic heterocycles. The van der Waals surface area contributed by atoms with Gasteiger partial charge in [-0.15, -0.1) is 0 Å². The van der Waals surface area contributed by atoms with Crippen molar-refractivity contribution < 1.29 is 18.0 Å². The summed E-state index contributed by atoms with van der Waals surface area (Å²) in [5, 5.41) is 1.97. The van der Waals surface area contributed by atoms with Crippen molar-refractivity contribution in [3.05, 3.63) is 11.6 Å². The average Bonchev–Trinajstić information content (AvgIpc) is 2.33. The number of amides is 1. The smallest absolute Gasteiger partial charge is 0.347 e. The highest BCUT2D eigenvalue weighted by atomic mass is 19.4. The Bertz CT molecular complexity index is 335. The first-order chi connectivity index (χ1) is 8.78. The van der Waals surface area contributed by atoms with Gasteiger partial charge in [-0.05, 0) is 33.2 Å². The zero-order chi connectivity index (χ0) is 14.5. The molecule has 0 radical (unpaired) electrons. The summed E-state index contributed by atoms with van der Waals surface area (Å²) in [5.74, 6) is -0.819. The van der Waals surface area contributed by atoms with Crippen LogP contribution in [0.15, 0.2) is 11.6 Å². The molecule has 1 fully saturated rings. The largest absolute Gasteiger partial charge is 0.405 e. The minimum Gasteiger partial charge on any atom is -0.347 e. The van der Waals surface area contributed by atoms with Gasteiger partial charge >= 0.3 is 6.18 Å². The Morgan fingerprint density at radius 1 is 1.42 bits per heavy atom. The van der Waals surface area contributed by atoms with Gasteiger partial charge in [0.1, 0.15) is 6.54 Å². The first kappa shape index (κ1) is 16.0. The second-order valence-corrected chi connectivity index (χ2v) is 5.21. The summed E-state index contributed by atoms with van der Waals surface area (Å²) in [7, 11) is 0. The second kappa shape index (κ2) is 6.93. The number of carbonyl (C=O) groups is 1. The van der Waals surface area contributed by atoms with Crippen LogP contribution in [0.4, 0.5) is 13.2 Å². The number of rotatable bonds is 4. The van der Waals surface area contributed by atoms with E-state index in [9.17, 15) is 18.0 Å². The summed E-state index contributed by atoms with van der Waals surface area (Å²) in [6.07, 6.45) is -0.766. The predicted octanol–water partition coefficient (Wildman–Crippen LogP) is 2.34. The first-order valence-electron chi connectivity index (χ1n) is 6.48. The molecule has 0 bridgehead atoms. The van der Waals surface area contributed by atoms with Gasteiger partial charge in [0.05, 0.1) is 5.92 Å². The molecule has 0 aromatic rings. The van der Waals surface area contributed by atoms with Gasteiger partial charge < -0.3 is 5.32 Å². The standard InChI is InChI=1S/C13H21F3N2O/c1-10(2)5-7-18-6-3-4-11(8-18)12(19)17-9-13(14,15)16/h5,11H,3-4,6-9H2,1-2H3,(H,17,19)/t11-/m1/s1. The third-order valence-electron chi connectivity index (χ3n) is 3.10. The summed E-state index contributed by atoms with van der Waals surface area (Å²) in [6.45, 7) is 4.94. The summed E-state index contributed by atoms with van der Waals surface area (Å²) >= 11 is 0. The lowest BCUT2D eigenvalue weighted by Gasteiger charge is -2.31. The van der Waals surface area contributed by atoms with Gasteiger partial charge in [-0.2, -0.15) is 13.2 Å². The molecule has 1 amide bonds. The molecule has 1 saturated heterocycles. The maximum absolute atomic E-state index is 12.0. The van der Waals surface area contributed by atoms with Crippen LogP contribution in [0.1, 0.15) is 26.7 Å². The van der Waals surface area contributed by atoms with E-state index in [2.05, 4.69) is 11.0 Å². The Balaban J connectivity index is 2.41. The lowest BCUT2D eigenvalue weighted by Crippen LogP contribution is -2.45. The van der Waals surface area contributed by atoms with Crippen LogP contribution in [0.2, 0.25) is 0 Å². The van der Waals surface area contributed by atoms with Crippen LogP contribution in [0.3, 0.4) is 0 Å². The van der Waals surface area contributed by atoms with Crippen molar-refractivity contribution in [2.24, 2.45) is 5.92 Å². The molecule has 110 valence electrons. The third-order valence-corrected chi connectivity index (χ3v) is 3.10. The van der Waals surface area contributed by atoms with Crippen LogP contribution < -0.4 is 5.32 Å². The monoisotopic (exact) mass is 278 g/mol. The van der Waals surface area contributed by atoms with Gasteiger partial charge in [-0.3, -0.25) is 9.69 Å². The summed E-state index contributed by atoms with van der Waals surface area (Å²) in [4.78, 5) is 13.8. The van der Waals surface area contributed by atoms with Crippen LogP contribution >= 0.6 is 0 Å². The molecule has 3 nitrogen and oxygen atoms in total. The normalized spacial score (nSPS) is 21.0. The molecule has 6 heteroatoms. The molecule has 0 aromatic carbocycles. The van der Waals surface area contributed by atoms with E-state index in [4.69, 9.17) is 0 Å². The molecule has 0 aliphatic carbocycles. The topological polar surface area (TPSA) is 32.3 Å². The van der Waals surface area contributed by atoms with E-state index >= 15 is 0 Å². The van der Waals surface area contributed by atoms with Crippen LogP contribution in [-0.2, 0) is 4.79 Å². The molecule has 0 spiro atoms. The molecule has 1 aliphatic heterocycles. The highest BCUT2D eigenvalue weighted by Gasteiger charge is 2.31. The molecule has 0 unspecified atom stereocenters. The van der Waals surface area contributed by atoms with E-state index in [1.165, 1.54) is 5.57 Å². The molecular formula is C13H21F3N2O. The summed E-state index contributed by atoms with van der Waals surface area (Å²) in [5.41, 5.74) is 1.20. The fourth-order valence-corrected chi connectivity index (χ4v) is 2.08. The van der Waals surface area contributed by atoms with Crippen molar-refractivity contribution >= 4 is 5.91 Å². The van der Waals surface area contributed by atoms with E-state index in [1.807, 2.05) is 19.2 Å². The van der Waals surface area contributed by atoms with E-state index in [0.717, 1.165) is 19.5 Å². The predicted molar refractivity (Wildman–Crippen MR) is 67.7 cm³/mol. The minimum absolute atomic E-state index is 0.332. The fraction of sp³-hybridized carbons (Fsp3) is 0.769. The molecule has 1 rings (SSSR count). The third kappa shape index (κ3) is 6.61. The number of piperidine rings is 1. The molecule has 1 heterocycles. The Morgan fingerprint density at radius 3 is 2.68 bits per heavy atom. The van der Waals surface area contributed by atoms with Crippen molar-refractivity contribution in [1.82, 2.24) is 10.2 Å². The zero-order valence-corrected chi connectivity index (χ0v) is 11.4. The van der Waals surface area contributed by atoms with Gasteiger partial charge in [-0.25, -0.2) is 0 Å². The maximum atomic E-state index is 12.0. The van der Waals surface area contributed by atoms with Crippen LogP contribution in [0.25, 0.3) is 0 Å². The molecule has 1 aliphatic rings. The number of halogens is 3. The van der Waals surface area contributed by atoms with Crippen molar-refractivity contribution in [2.75, 3.05) is 26.2 Å². The van der Waals surface area contributed by atoms with E-state index in [-0.39, 0.29) is 5.92 Å². The van der Waals surface area contributed by atoms with Crippen LogP contribution in [0.5, 0.6) is 0 Å². The Morgan fingerprint density at radius 2 is 2.11 bits per heavy atom. The molecular weight excluding hydrogens is 257 g/mol. The van der Waals surface area contributed by atoms with Crippen molar-refractivity contribution in [3.63, 3.8) is 0 Å². The van der Waals surface area contributed by atoms with E-state index in [1.54, 1.807) is 0 Å². The minimum atomic E-state index is -4.34. The number of hydrogen-bond acceptors (Lipinski definition) is 2. The van der Waals surface area contributed by atoms with E-state index in [0.29, 0.717) is 13.0 Å². The van der Waals surface area contributed by atoms with Gasteiger partial charge in [-0.1, -0.05) is 11.6 Å². The summed E-state index contributed by atoms with van der Waals surface area (Å²) < 4.78 is 36.1. The Kier molecular flexibility index (Phi) is 5.85. The lowest BCUT2D eigenvalue weighted by molar-refractivity contribution is -0.141. The van der Waals surface area contributed by atoms with E-state index < -0.39 is 18.6 Å². The molecule has 1 N–H and O–H groups in total. The Hall–Kier alpha value is -1.04. The molecule has 19 heavy (non-hydrogen) atoms. The maximum Gasteiger partial charge on any atom is 0.405 e. The van der Waals surface area contributed by atoms with Crippen LogP contribution in [-0.4, -0.2) is 43.2 Å². The highest BCUT2D eigenvalue weighted by molar-refractivity contribution is 5.79. The van der Waals surface area contributed by atoms with Crippen molar-refractivity contribution in [1.29, 1.82) is 0 Å². The fourth-order valence-electron chi connectivity index (χ4n) is 2.08. The van der Waals surface area contributed by atoms with Crippen molar-refractivity contribution in [3.8, 4) is 0 Å². The number of likely N-dealkylation sites (tertiary alicyclic amines) is 1. The SMILES string of the molecule is CC(C)=CCN1CCC[C@@H](C(=O)NCC(F)(F)F)C1. The number of hydrogen-bond donors (Lipinski definition) is 1.